The molecule has 0 fully saturated rings. The molecule has 1 amide bonds. The summed E-state index contributed by atoms with van der Waals surface area (Å²) < 4.78 is 29.9. The van der Waals surface area contributed by atoms with Gasteiger partial charge in [-0.1, -0.05) is 23.5 Å². The fourth-order valence-electron chi connectivity index (χ4n) is 1.38. The Morgan fingerprint density at radius 1 is 1.45 bits per heavy atom. The fraction of sp³-hybridized carbons (Fsp3) is 0.250. The zero-order chi connectivity index (χ0) is 14.5. The van der Waals surface area contributed by atoms with E-state index in [1.54, 1.807) is 12.1 Å². The van der Waals surface area contributed by atoms with Crippen LogP contribution in [0.1, 0.15) is 17.0 Å². The summed E-state index contributed by atoms with van der Waals surface area (Å²) in [6, 6.07) is 7.22. The Labute approximate surface area is 117 Å². The van der Waals surface area contributed by atoms with Crippen LogP contribution in [0.5, 0.6) is 5.75 Å². The monoisotopic (exact) mass is 299 g/mol. The quantitative estimate of drug-likeness (QED) is 0.922. The number of amides is 1. The number of hydrogen-bond acceptors (Lipinski definition) is 5. The second kappa shape index (κ2) is 6.38. The molecule has 0 spiro atoms. The second-order valence-electron chi connectivity index (χ2n) is 3.90. The van der Waals surface area contributed by atoms with Crippen molar-refractivity contribution in [2.75, 3.05) is 11.9 Å². The van der Waals surface area contributed by atoms with E-state index in [0.717, 1.165) is 5.56 Å². The van der Waals surface area contributed by atoms with E-state index in [4.69, 9.17) is 4.74 Å². The maximum Gasteiger partial charge on any atom is 0.291 e. The van der Waals surface area contributed by atoms with Gasteiger partial charge in [0.2, 0.25) is 5.13 Å². The molecule has 0 aliphatic rings. The Kier molecular flexibility index (Phi) is 4.57. The molecule has 20 heavy (non-hydrogen) atoms. The highest BCUT2D eigenvalue weighted by atomic mass is 32.1. The van der Waals surface area contributed by atoms with Crippen LogP contribution in [-0.2, 0) is 4.79 Å². The molecule has 1 heterocycles. The van der Waals surface area contributed by atoms with Gasteiger partial charge in [0.15, 0.2) is 11.6 Å². The highest BCUT2D eigenvalue weighted by Crippen LogP contribution is 2.25. The summed E-state index contributed by atoms with van der Waals surface area (Å²) in [5.74, 6) is 0.0779. The van der Waals surface area contributed by atoms with Crippen LogP contribution >= 0.6 is 11.3 Å². The smallest absolute Gasteiger partial charge is 0.291 e. The first-order chi connectivity index (χ1) is 9.54. The van der Waals surface area contributed by atoms with Crippen LogP contribution in [0.3, 0.4) is 0 Å². The topological polar surface area (TPSA) is 64.1 Å². The summed E-state index contributed by atoms with van der Waals surface area (Å²) in [5, 5.41) is 8.65. The number of aromatic nitrogens is 2. The van der Waals surface area contributed by atoms with Crippen LogP contribution in [0.15, 0.2) is 24.3 Å². The van der Waals surface area contributed by atoms with Gasteiger partial charge in [-0.05, 0) is 24.6 Å². The largest absolute Gasteiger partial charge is 0.484 e. The van der Waals surface area contributed by atoms with Gasteiger partial charge >= 0.3 is 0 Å². The molecular weight excluding hydrogens is 288 g/mol. The molecule has 1 N–H and O–H groups in total. The third-order valence-corrected chi connectivity index (χ3v) is 3.08. The number of anilines is 1. The molecule has 0 unspecified atom stereocenters. The Morgan fingerprint density at radius 3 is 2.90 bits per heavy atom. The van der Waals surface area contributed by atoms with Gasteiger partial charge < -0.3 is 4.74 Å². The maximum absolute atomic E-state index is 12.3. The van der Waals surface area contributed by atoms with Gasteiger partial charge in [0.05, 0.1) is 0 Å². The minimum atomic E-state index is -2.69. The third-order valence-electron chi connectivity index (χ3n) is 2.23. The van der Waals surface area contributed by atoms with Crippen LogP contribution in [0, 0.1) is 6.92 Å². The molecule has 0 radical (unpaired) electrons. The van der Waals surface area contributed by atoms with E-state index in [1.807, 2.05) is 19.1 Å². The van der Waals surface area contributed by atoms with Crippen molar-refractivity contribution in [1.82, 2.24) is 10.2 Å². The number of carbonyl (C=O) groups is 1. The molecule has 0 atom stereocenters. The zero-order valence-corrected chi connectivity index (χ0v) is 11.3. The first-order valence-electron chi connectivity index (χ1n) is 5.65. The molecule has 2 aromatic rings. The Hall–Kier alpha value is -2.09. The van der Waals surface area contributed by atoms with Gasteiger partial charge in [-0.3, -0.25) is 10.1 Å². The van der Waals surface area contributed by atoms with Gasteiger partial charge in [-0.2, -0.15) is 0 Å². The number of nitrogens with zero attached hydrogens (tertiary/aromatic N) is 2. The second-order valence-corrected chi connectivity index (χ2v) is 4.91. The van der Waals surface area contributed by atoms with Gasteiger partial charge in [-0.25, -0.2) is 8.78 Å². The van der Waals surface area contributed by atoms with Gasteiger partial charge in [0.1, 0.15) is 5.75 Å². The number of nitrogens with one attached hydrogen (secondary N) is 1. The van der Waals surface area contributed by atoms with E-state index < -0.39 is 17.3 Å². The van der Waals surface area contributed by atoms with Crippen molar-refractivity contribution in [2.24, 2.45) is 0 Å². The van der Waals surface area contributed by atoms with Crippen molar-refractivity contribution in [1.29, 1.82) is 0 Å². The van der Waals surface area contributed by atoms with E-state index in [1.165, 1.54) is 0 Å². The number of carbonyl (C=O) groups excluding carboxylic acids is 1. The number of benzene rings is 1. The van der Waals surface area contributed by atoms with Crippen molar-refractivity contribution < 1.29 is 18.3 Å². The lowest BCUT2D eigenvalue weighted by Gasteiger charge is -2.05. The molecule has 0 bridgehead atoms. The average Bonchev–Trinajstić information content (AvgIpc) is 2.85. The predicted octanol–water partition coefficient (Wildman–Crippen LogP) is 2.80. The summed E-state index contributed by atoms with van der Waals surface area (Å²) in [6.07, 6.45) is -2.69. The lowest BCUT2D eigenvalue weighted by molar-refractivity contribution is -0.118. The number of hydrogen-bond donors (Lipinski definition) is 1. The Morgan fingerprint density at radius 2 is 2.25 bits per heavy atom. The summed E-state index contributed by atoms with van der Waals surface area (Å²) in [4.78, 5) is 11.6. The molecule has 0 saturated carbocycles. The standard InChI is InChI=1S/C12H11F2N3O2S/c1-7-3-2-4-8(5-7)19-6-9(18)15-12-17-16-11(20-12)10(13)14/h2-5,10H,6H2,1H3,(H,15,17,18). The molecule has 2 rings (SSSR count). The number of rotatable bonds is 5. The average molecular weight is 299 g/mol. The maximum atomic E-state index is 12.3. The predicted molar refractivity (Wildman–Crippen MR) is 70.2 cm³/mol. The van der Waals surface area contributed by atoms with Crippen LogP contribution in [0.25, 0.3) is 0 Å². The Balaban J connectivity index is 1.86. The first-order valence-corrected chi connectivity index (χ1v) is 6.47. The molecule has 106 valence electrons. The normalized spacial score (nSPS) is 10.6. The lowest BCUT2D eigenvalue weighted by Crippen LogP contribution is -2.20. The number of aryl methyl sites for hydroxylation is 1. The van der Waals surface area contributed by atoms with E-state index >= 15 is 0 Å². The van der Waals surface area contributed by atoms with Crippen molar-refractivity contribution >= 4 is 22.4 Å². The lowest BCUT2D eigenvalue weighted by atomic mass is 10.2. The molecule has 0 aliphatic carbocycles. The highest BCUT2D eigenvalue weighted by molar-refractivity contribution is 7.15. The van der Waals surface area contributed by atoms with E-state index in [0.29, 0.717) is 17.1 Å². The molecule has 5 nitrogen and oxygen atoms in total. The number of alkyl halides is 2. The van der Waals surface area contributed by atoms with Crippen molar-refractivity contribution in [2.45, 2.75) is 13.3 Å². The molecular formula is C12H11F2N3O2S. The Bertz CT molecular complexity index is 604. The van der Waals surface area contributed by atoms with Crippen molar-refractivity contribution in [3.05, 3.63) is 34.8 Å². The summed E-state index contributed by atoms with van der Waals surface area (Å²) in [7, 11) is 0. The zero-order valence-electron chi connectivity index (χ0n) is 10.5. The van der Waals surface area contributed by atoms with Crippen molar-refractivity contribution in [3.63, 3.8) is 0 Å². The van der Waals surface area contributed by atoms with Crippen LogP contribution < -0.4 is 10.1 Å². The molecule has 0 saturated heterocycles. The minimum absolute atomic E-state index is 0.0261. The van der Waals surface area contributed by atoms with E-state index in [9.17, 15) is 13.6 Å². The molecule has 0 aliphatic heterocycles. The summed E-state index contributed by atoms with van der Waals surface area (Å²) >= 11 is 0.634. The number of ether oxygens (including phenoxy) is 1. The third kappa shape index (κ3) is 3.95. The molecule has 1 aromatic carbocycles. The van der Waals surface area contributed by atoms with E-state index in [2.05, 4.69) is 15.5 Å². The number of halogens is 2. The fourth-order valence-corrected chi connectivity index (χ4v) is 2.00. The van der Waals surface area contributed by atoms with Crippen LogP contribution in [-0.4, -0.2) is 22.7 Å². The first kappa shape index (κ1) is 14.3. The van der Waals surface area contributed by atoms with Crippen LogP contribution in [0.4, 0.5) is 13.9 Å². The van der Waals surface area contributed by atoms with Gasteiger partial charge in [0, 0.05) is 0 Å². The molecule has 1 aromatic heterocycles. The SMILES string of the molecule is Cc1cccc(OCC(=O)Nc2nnc(C(F)F)s2)c1. The van der Waals surface area contributed by atoms with Crippen LogP contribution in [0.2, 0.25) is 0 Å². The minimum Gasteiger partial charge on any atom is -0.484 e. The van der Waals surface area contributed by atoms with E-state index in [-0.39, 0.29) is 11.7 Å². The summed E-state index contributed by atoms with van der Waals surface area (Å²) in [5.41, 5.74) is 1.01. The van der Waals surface area contributed by atoms with Gasteiger partial charge in [-0.15, -0.1) is 10.2 Å². The molecule has 8 heteroatoms. The van der Waals surface area contributed by atoms with Gasteiger partial charge in [0.25, 0.3) is 12.3 Å². The summed E-state index contributed by atoms with van der Waals surface area (Å²) in [6.45, 7) is 1.67. The highest BCUT2D eigenvalue weighted by Gasteiger charge is 2.15. The van der Waals surface area contributed by atoms with Crippen molar-refractivity contribution in [3.8, 4) is 5.75 Å².